The van der Waals surface area contributed by atoms with Crippen LogP contribution >= 0.6 is 0 Å². The van der Waals surface area contributed by atoms with E-state index in [0.717, 1.165) is 32.1 Å². The zero-order valence-electron chi connectivity index (χ0n) is 14.4. The van der Waals surface area contributed by atoms with Crippen molar-refractivity contribution in [1.82, 2.24) is 0 Å². The highest BCUT2D eigenvalue weighted by Crippen LogP contribution is 2.17. The SMILES string of the molecule is NC(=O)C1CCC#CCCCCCCCCCCCCCC1. The molecule has 0 bridgehead atoms. The van der Waals surface area contributed by atoms with Crippen molar-refractivity contribution in [1.29, 1.82) is 0 Å². The van der Waals surface area contributed by atoms with Crippen LogP contribution in [0.4, 0.5) is 0 Å². The molecule has 1 atom stereocenters. The molecule has 0 radical (unpaired) electrons. The lowest BCUT2D eigenvalue weighted by atomic mass is 9.95. The molecule has 0 spiro atoms. The van der Waals surface area contributed by atoms with Gasteiger partial charge in [0.25, 0.3) is 0 Å². The van der Waals surface area contributed by atoms with Crippen molar-refractivity contribution in [2.45, 2.75) is 103 Å². The van der Waals surface area contributed by atoms with Crippen molar-refractivity contribution in [2.24, 2.45) is 11.7 Å². The topological polar surface area (TPSA) is 43.1 Å². The largest absolute Gasteiger partial charge is 0.369 e. The van der Waals surface area contributed by atoms with Crippen molar-refractivity contribution in [3.8, 4) is 11.8 Å². The van der Waals surface area contributed by atoms with Gasteiger partial charge in [0.1, 0.15) is 0 Å². The molecule has 22 heavy (non-hydrogen) atoms. The van der Waals surface area contributed by atoms with Gasteiger partial charge in [-0.3, -0.25) is 4.79 Å². The first-order chi connectivity index (χ1) is 10.8. The molecule has 0 aromatic carbocycles. The van der Waals surface area contributed by atoms with Crippen LogP contribution in [0.1, 0.15) is 103 Å². The Labute approximate surface area is 137 Å². The molecule has 1 amide bonds. The molecule has 0 aromatic rings. The van der Waals surface area contributed by atoms with E-state index in [9.17, 15) is 4.79 Å². The molecule has 0 heterocycles. The van der Waals surface area contributed by atoms with Gasteiger partial charge in [-0.25, -0.2) is 0 Å². The third kappa shape index (κ3) is 10.7. The second kappa shape index (κ2) is 13.7. The number of carbonyl (C=O) groups is 1. The normalized spacial score (nSPS) is 24.1. The molecule has 0 aromatic heterocycles. The van der Waals surface area contributed by atoms with Gasteiger partial charge in [0.15, 0.2) is 0 Å². The van der Waals surface area contributed by atoms with Gasteiger partial charge in [-0.15, -0.1) is 11.8 Å². The summed E-state index contributed by atoms with van der Waals surface area (Å²) in [6.07, 6.45) is 19.6. The van der Waals surface area contributed by atoms with E-state index in [-0.39, 0.29) is 11.8 Å². The van der Waals surface area contributed by atoms with Crippen LogP contribution in [0.15, 0.2) is 0 Å². The number of rotatable bonds is 1. The standard InChI is InChI=1S/C20H35NO/c21-20(22)19-17-15-13-11-9-7-5-3-1-2-4-6-8-10-12-14-16-18-19/h19H,1-11,13,15-18H2,(H2,21,22). The smallest absolute Gasteiger partial charge is 0.220 e. The van der Waals surface area contributed by atoms with Crippen molar-refractivity contribution < 1.29 is 4.79 Å². The first-order valence-electron chi connectivity index (χ1n) is 9.56. The lowest BCUT2D eigenvalue weighted by Gasteiger charge is -2.11. The number of hydrogen-bond donors (Lipinski definition) is 1. The predicted octanol–water partition coefficient (Wildman–Crippen LogP) is 5.35. The average Bonchev–Trinajstić information content (AvgIpc) is 2.50. The number of primary amides is 1. The Balaban J connectivity index is 2.31. The fourth-order valence-electron chi connectivity index (χ4n) is 3.22. The summed E-state index contributed by atoms with van der Waals surface area (Å²) in [5, 5.41) is 0. The maximum absolute atomic E-state index is 11.5. The summed E-state index contributed by atoms with van der Waals surface area (Å²) in [5.41, 5.74) is 5.52. The lowest BCUT2D eigenvalue weighted by Crippen LogP contribution is -2.23. The molecule has 0 saturated carbocycles. The summed E-state index contributed by atoms with van der Waals surface area (Å²) in [4.78, 5) is 11.5. The highest BCUT2D eigenvalue weighted by atomic mass is 16.1. The van der Waals surface area contributed by atoms with Gasteiger partial charge in [-0.05, 0) is 19.3 Å². The average molecular weight is 306 g/mol. The monoisotopic (exact) mass is 305 g/mol. The van der Waals surface area contributed by atoms with Crippen molar-refractivity contribution >= 4 is 5.91 Å². The van der Waals surface area contributed by atoms with E-state index in [0.29, 0.717) is 0 Å². The van der Waals surface area contributed by atoms with Crippen LogP contribution in [0.25, 0.3) is 0 Å². The first kappa shape index (κ1) is 19.1. The maximum Gasteiger partial charge on any atom is 0.220 e. The Morgan fingerprint density at radius 1 is 0.636 bits per heavy atom. The summed E-state index contributed by atoms with van der Waals surface area (Å²) in [6.45, 7) is 0. The Kier molecular flexibility index (Phi) is 11.9. The Hall–Kier alpha value is -0.970. The third-order valence-electron chi connectivity index (χ3n) is 4.75. The van der Waals surface area contributed by atoms with Gasteiger partial charge in [0.05, 0.1) is 0 Å². The van der Waals surface area contributed by atoms with Crippen LogP contribution in [0, 0.1) is 17.8 Å². The number of carbonyl (C=O) groups excluding carboxylic acids is 1. The zero-order chi connectivity index (χ0) is 15.9. The highest BCUT2D eigenvalue weighted by molar-refractivity contribution is 5.76. The van der Waals surface area contributed by atoms with E-state index in [1.54, 1.807) is 0 Å². The van der Waals surface area contributed by atoms with Gasteiger partial charge in [-0.1, -0.05) is 70.6 Å². The quantitative estimate of drug-likeness (QED) is 0.652. The van der Waals surface area contributed by atoms with Crippen LogP contribution in [0.5, 0.6) is 0 Å². The first-order valence-corrected chi connectivity index (χ1v) is 9.56. The molecule has 2 N–H and O–H groups in total. The van der Waals surface area contributed by atoms with E-state index in [2.05, 4.69) is 11.8 Å². The van der Waals surface area contributed by atoms with Crippen molar-refractivity contribution in [3.05, 3.63) is 0 Å². The minimum absolute atomic E-state index is 0.0383. The Bertz CT molecular complexity index is 339. The van der Waals surface area contributed by atoms with Crippen molar-refractivity contribution in [2.75, 3.05) is 0 Å². The molecule has 1 aliphatic rings. The minimum atomic E-state index is -0.132. The van der Waals surface area contributed by atoms with E-state index in [1.165, 1.54) is 70.6 Å². The molecule has 2 nitrogen and oxygen atoms in total. The van der Waals surface area contributed by atoms with E-state index >= 15 is 0 Å². The molecule has 0 saturated heterocycles. The zero-order valence-corrected chi connectivity index (χ0v) is 14.4. The summed E-state index contributed by atoms with van der Waals surface area (Å²) < 4.78 is 0. The van der Waals surface area contributed by atoms with Crippen LogP contribution in [-0.2, 0) is 4.79 Å². The van der Waals surface area contributed by atoms with Crippen molar-refractivity contribution in [3.63, 3.8) is 0 Å². The van der Waals surface area contributed by atoms with E-state index < -0.39 is 0 Å². The molecular formula is C20H35NO. The maximum atomic E-state index is 11.5. The minimum Gasteiger partial charge on any atom is -0.369 e. The second-order valence-corrected chi connectivity index (χ2v) is 6.77. The third-order valence-corrected chi connectivity index (χ3v) is 4.75. The molecular weight excluding hydrogens is 270 g/mol. The summed E-state index contributed by atoms with van der Waals surface area (Å²) >= 11 is 0. The van der Waals surface area contributed by atoms with Crippen LogP contribution in [0.2, 0.25) is 0 Å². The second-order valence-electron chi connectivity index (χ2n) is 6.77. The molecule has 2 heteroatoms. The van der Waals surface area contributed by atoms with E-state index in [4.69, 9.17) is 5.73 Å². The molecule has 1 rings (SSSR count). The number of nitrogens with two attached hydrogens (primary N) is 1. The van der Waals surface area contributed by atoms with Crippen LogP contribution in [0.3, 0.4) is 0 Å². The molecule has 1 unspecified atom stereocenters. The van der Waals surface area contributed by atoms with Crippen LogP contribution < -0.4 is 5.73 Å². The van der Waals surface area contributed by atoms with Gasteiger partial charge in [0.2, 0.25) is 5.91 Å². The summed E-state index contributed by atoms with van der Waals surface area (Å²) in [7, 11) is 0. The lowest BCUT2D eigenvalue weighted by molar-refractivity contribution is -0.122. The predicted molar refractivity (Wildman–Crippen MR) is 94.3 cm³/mol. The molecule has 0 aliphatic heterocycles. The molecule has 0 fully saturated rings. The summed E-state index contributed by atoms with van der Waals surface area (Å²) in [6, 6.07) is 0. The Morgan fingerprint density at radius 3 is 1.64 bits per heavy atom. The van der Waals surface area contributed by atoms with Gasteiger partial charge in [0, 0.05) is 18.8 Å². The Morgan fingerprint density at radius 2 is 1.09 bits per heavy atom. The fraction of sp³-hybridized carbons (Fsp3) is 0.850. The van der Waals surface area contributed by atoms with Gasteiger partial charge < -0.3 is 5.73 Å². The molecule has 126 valence electrons. The summed E-state index contributed by atoms with van der Waals surface area (Å²) in [5.74, 6) is 6.39. The van der Waals surface area contributed by atoms with E-state index in [1.807, 2.05) is 0 Å². The molecule has 1 aliphatic carbocycles. The highest BCUT2D eigenvalue weighted by Gasteiger charge is 2.13. The van der Waals surface area contributed by atoms with Crippen LogP contribution in [-0.4, -0.2) is 5.91 Å². The fourth-order valence-corrected chi connectivity index (χ4v) is 3.22. The number of amides is 1. The number of hydrogen-bond acceptors (Lipinski definition) is 1. The van der Waals surface area contributed by atoms with Gasteiger partial charge in [-0.2, -0.15) is 0 Å². The van der Waals surface area contributed by atoms with Gasteiger partial charge >= 0.3 is 0 Å².